The summed E-state index contributed by atoms with van der Waals surface area (Å²) < 4.78 is 24.7. The van der Waals surface area contributed by atoms with E-state index in [9.17, 15) is 9.59 Å². The molecular formula is C31H36N2O6S. The second-order valence-corrected chi connectivity index (χ2v) is 10.5. The SMILES string of the molecule is CCCC1=C(C(=O)OCC)[C@H](c2cccc(OC)c2)n2c(s/c(=C\c3ccc(OC(C)C)c(OCC)c3)c2=O)=N1. The number of ether oxygens (including phenoxy) is 4. The molecule has 2 heterocycles. The number of carbonyl (C=O) groups excluding carboxylic acids is 1. The zero-order valence-electron chi connectivity index (χ0n) is 23.9. The maximum absolute atomic E-state index is 14.0. The summed E-state index contributed by atoms with van der Waals surface area (Å²) >= 11 is 1.29. The van der Waals surface area contributed by atoms with Crippen molar-refractivity contribution >= 4 is 23.4 Å². The average Bonchev–Trinajstić information content (AvgIpc) is 3.23. The highest BCUT2D eigenvalue weighted by atomic mass is 32.1. The number of benzene rings is 2. The molecule has 0 amide bonds. The van der Waals surface area contributed by atoms with Crippen LogP contribution in [0.15, 0.2) is 63.5 Å². The van der Waals surface area contributed by atoms with Crippen LogP contribution in [-0.4, -0.2) is 37.0 Å². The molecule has 0 radical (unpaired) electrons. The number of rotatable bonds is 11. The van der Waals surface area contributed by atoms with E-state index >= 15 is 0 Å². The average molecular weight is 565 g/mol. The standard InChI is InChI=1S/C31H36N2O6S/c1-7-11-23-27(30(35)38-9-3)28(21-12-10-13-22(18-21)36-6)33-29(34)26(40-31(33)32-23)17-20-14-15-24(39-19(4)5)25(16-20)37-8-2/h10,12-19,28H,7-9,11H2,1-6H3/b26-17-/t28-/m0/s1. The summed E-state index contributed by atoms with van der Waals surface area (Å²) in [6, 6.07) is 12.3. The zero-order valence-corrected chi connectivity index (χ0v) is 24.7. The third-order valence-corrected chi connectivity index (χ3v) is 7.21. The molecule has 0 fully saturated rings. The Labute approximate surface area is 238 Å². The number of allylic oxidation sites excluding steroid dienone is 1. The van der Waals surface area contributed by atoms with Crippen LogP contribution in [0.1, 0.15) is 64.6 Å². The van der Waals surface area contributed by atoms with E-state index in [0.29, 0.717) is 50.9 Å². The van der Waals surface area contributed by atoms with Crippen LogP contribution in [0.3, 0.4) is 0 Å². The number of esters is 1. The lowest BCUT2D eigenvalue weighted by molar-refractivity contribution is -0.139. The highest BCUT2D eigenvalue weighted by Gasteiger charge is 2.34. The first kappa shape index (κ1) is 29.1. The third-order valence-electron chi connectivity index (χ3n) is 6.23. The first-order valence-electron chi connectivity index (χ1n) is 13.6. The van der Waals surface area contributed by atoms with Crippen molar-refractivity contribution in [2.24, 2.45) is 4.99 Å². The van der Waals surface area contributed by atoms with E-state index in [4.69, 9.17) is 23.9 Å². The summed E-state index contributed by atoms with van der Waals surface area (Å²) in [7, 11) is 1.59. The van der Waals surface area contributed by atoms with Gasteiger partial charge in [0.1, 0.15) is 5.75 Å². The number of methoxy groups -OCH3 is 1. The molecule has 3 aromatic rings. The van der Waals surface area contributed by atoms with Gasteiger partial charge >= 0.3 is 5.97 Å². The Morgan fingerprint density at radius 2 is 1.90 bits per heavy atom. The Morgan fingerprint density at radius 1 is 1.10 bits per heavy atom. The highest BCUT2D eigenvalue weighted by Crippen LogP contribution is 2.34. The number of fused-ring (bicyclic) bond motifs is 1. The maximum Gasteiger partial charge on any atom is 0.338 e. The van der Waals surface area contributed by atoms with Gasteiger partial charge in [0.2, 0.25) is 0 Å². The normalized spacial score (nSPS) is 15.1. The molecule has 1 aliphatic heterocycles. The van der Waals surface area contributed by atoms with Crippen molar-refractivity contribution in [2.45, 2.75) is 59.6 Å². The number of carbonyl (C=O) groups is 1. The molecule has 0 spiro atoms. The molecule has 0 bridgehead atoms. The molecule has 2 aromatic carbocycles. The van der Waals surface area contributed by atoms with E-state index < -0.39 is 12.0 Å². The van der Waals surface area contributed by atoms with Gasteiger partial charge in [-0.2, -0.15) is 0 Å². The van der Waals surface area contributed by atoms with Crippen LogP contribution in [0.25, 0.3) is 6.08 Å². The summed E-state index contributed by atoms with van der Waals surface area (Å²) in [5.41, 5.74) is 2.31. The third kappa shape index (κ3) is 6.14. The van der Waals surface area contributed by atoms with Crippen molar-refractivity contribution < 1.29 is 23.7 Å². The Kier molecular flexibility index (Phi) is 9.47. The number of thiazole rings is 1. The smallest absolute Gasteiger partial charge is 0.338 e. The van der Waals surface area contributed by atoms with E-state index in [1.54, 1.807) is 18.6 Å². The quantitative estimate of drug-likeness (QED) is 0.312. The molecule has 0 aliphatic carbocycles. The van der Waals surface area contributed by atoms with Gasteiger partial charge in [0.25, 0.3) is 5.56 Å². The summed E-state index contributed by atoms with van der Waals surface area (Å²) in [6.07, 6.45) is 3.18. The van der Waals surface area contributed by atoms with E-state index in [1.165, 1.54) is 11.3 Å². The van der Waals surface area contributed by atoms with Crippen molar-refractivity contribution in [2.75, 3.05) is 20.3 Å². The number of aromatic nitrogens is 1. The fourth-order valence-corrected chi connectivity index (χ4v) is 5.65. The van der Waals surface area contributed by atoms with Gasteiger partial charge in [-0.25, -0.2) is 9.79 Å². The molecule has 9 heteroatoms. The first-order chi connectivity index (χ1) is 19.3. The van der Waals surface area contributed by atoms with Gasteiger partial charge in [-0.15, -0.1) is 0 Å². The number of nitrogens with zero attached hydrogens (tertiary/aromatic N) is 2. The monoisotopic (exact) mass is 564 g/mol. The fourth-order valence-electron chi connectivity index (χ4n) is 4.63. The van der Waals surface area contributed by atoms with Crippen molar-refractivity contribution in [3.05, 3.63) is 84.5 Å². The van der Waals surface area contributed by atoms with Crippen LogP contribution in [-0.2, 0) is 9.53 Å². The lowest BCUT2D eigenvalue weighted by Crippen LogP contribution is -2.40. The van der Waals surface area contributed by atoms with E-state index in [2.05, 4.69) is 0 Å². The number of hydrogen-bond acceptors (Lipinski definition) is 8. The molecule has 1 atom stereocenters. The van der Waals surface area contributed by atoms with Crippen molar-refractivity contribution in [3.8, 4) is 17.2 Å². The zero-order chi connectivity index (χ0) is 28.8. The molecule has 1 aromatic heterocycles. The van der Waals surface area contributed by atoms with Crippen molar-refractivity contribution in [1.82, 2.24) is 4.57 Å². The summed E-state index contributed by atoms with van der Waals surface area (Å²) in [5, 5.41) is 0. The predicted molar refractivity (Wildman–Crippen MR) is 156 cm³/mol. The molecule has 0 saturated carbocycles. The molecule has 1 aliphatic rings. The second-order valence-electron chi connectivity index (χ2n) is 9.50. The molecule has 0 unspecified atom stereocenters. The lowest BCUT2D eigenvalue weighted by atomic mass is 9.94. The summed E-state index contributed by atoms with van der Waals surface area (Å²) in [6.45, 7) is 10.3. The van der Waals surface area contributed by atoms with E-state index in [0.717, 1.165) is 17.5 Å². The minimum atomic E-state index is -0.699. The van der Waals surface area contributed by atoms with E-state index in [-0.39, 0.29) is 18.3 Å². The van der Waals surface area contributed by atoms with Crippen molar-refractivity contribution in [1.29, 1.82) is 0 Å². The Balaban J connectivity index is 1.93. The van der Waals surface area contributed by atoms with Crippen LogP contribution in [0.2, 0.25) is 0 Å². The maximum atomic E-state index is 14.0. The van der Waals surface area contributed by atoms with Crippen LogP contribution >= 0.6 is 11.3 Å². The summed E-state index contributed by atoms with van der Waals surface area (Å²) in [5.74, 6) is 1.42. The van der Waals surface area contributed by atoms with Crippen LogP contribution in [0, 0.1) is 0 Å². The van der Waals surface area contributed by atoms with Gasteiger partial charge in [-0.3, -0.25) is 9.36 Å². The minimum absolute atomic E-state index is 0.00346. The minimum Gasteiger partial charge on any atom is -0.497 e. The van der Waals surface area contributed by atoms with Gasteiger partial charge < -0.3 is 18.9 Å². The van der Waals surface area contributed by atoms with Gasteiger partial charge in [0.15, 0.2) is 16.3 Å². The predicted octanol–water partition coefficient (Wildman–Crippen LogP) is 4.77. The Morgan fingerprint density at radius 3 is 2.58 bits per heavy atom. The topological polar surface area (TPSA) is 88.4 Å². The van der Waals surface area contributed by atoms with Gasteiger partial charge in [0.05, 0.1) is 48.3 Å². The molecule has 0 N–H and O–H groups in total. The molecule has 0 saturated heterocycles. The molecule has 4 rings (SSSR count). The second kappa shape index (κ2) is 13.0. The Bertz CT molecular complexity index is 1580. The van der Waals surface area contributed by atoms with Crippen LogP contribution < -0.4 is 29.1 Å². The first-order valence-corrected chi connectivity index (χ1v) is 14.4. The lowest BCUT2D eigenvalue weighted by Gasteiger charge is -2.26. The van der Waals surface area contributed by atoms with Gasteiger partial charge in [-0.05, 0) is 75.6 Å². The van der Waals surface area contributed by atoms with E-state index in [1.807, 2.05) is 76.2 Å². The highest BCUT2D eigenvalue weighted by molar-refractivity contribution is 7.07. The summed E-state index contributed by atoms with van der Waals surface area (Å²) in [4.78, 5) is 32.7. The molecule has 40 heavy (non-hydrogen) atoms. The van der Waals surface area contributed by atoms with Crippen molar-refractivity contribution in [3.63, 3.8) is 0 Å². The van der Waals surface area contributed by atoms with Gasteiger partial charge in [0, 0.05) is 0 Å². The molecular weight excluding hydrogens is 528 g/mol. The van der Waals surface area contributed by atoms with Crippen LogP contribution in [0.5, 0.6) is 17.2 Å². The Hall–Kier alpha value is -3.85. The van der Waals surface area contributed by atoms with Gasteiger partial charge in [-0.1, -0.05) is 42.9 Å². The fraction of sp³-hybridized carbons (Fsp3) is 0.387. The van der Waals surface area contributed by atoms with Crippen LogP contribution in [0.4, 0.5) is 0 Å². The largest absolute Gasteiger partial charge is 0.497 e. The molecule has 212 valence electrons. The molecule has 8 nitrogen and oxygen atoms in total. The number of hydrogen-bond donors (Lipinski definition) is 0.